The van der Waals surface area contributed by atoms with Crippen LogP contribution in [0.1, 0.15) is 53.4 Å². The van der Waals surface area contributed by atoms with Gasteiger partial charge < -0.3 is 15.7 Å². The van der Waals surface area contributed by atoms with Crippen LogP contribution >= 0.6 is 0 Å². The lowest BCUT2D eigenvalue weighted by Crippen LogP contribution is -2.51. The summed E-state index contributed by atoms with van der Waals surface area (Å²) in [6.45, 7) is 7.62. The Kier molecular flexibility index (Phi) is 7.87. The molecule has 110 valence electrons. The number of carboxylic acid groups (broad SMARTS) is 1. The number of nitrogens with one attached hydrogen (secondary N) is 2. The molecule has 0 aromatic carbocycles. The molecule has 0 aliphatic rings. The lowest BCUT2D eigenvalue weighted by atomic mass is 10.1. The van der Waals surface area contributed by atoms with Crippen LogP contribution in [0.4, 0.5) is 4.79 Å². The van der Waals surface area contributed by atoms with Crippen LogP contribution in [0.25, 0.3) is 0 Å². The maximum atomic E-state index is 11.6. The van der Waals surface area contributed by atoms with Crippen molar-refractivity contribution in [3.8, 4) is 0 Å². The van der Waals surface area contributed by atoms with Gasteiger partial charge in [0.05, 0.1) is 0 Å². The summed E-state index contributed by atoms with van der Waals surface area (Å²) < 4.78 is 0. The highest BCUT2D eigenvalue weighted by atomic mass is 16.4. The molecule has 0 radical (unpaired) electrons. The van der Waals surface area contributed by atoms with E-state index in [1.54, 1.807) is 0 Å². The van der Waals surface area contributed by atoms with Gasteiger partial charge >= 0.3 is 12.0 Å². The number of carboxylic acids is 1. The lowest BCUT2D eigenvalue weighted by molar-refractivity contribution is -0.137. The van der Waals surface area contributed by atoms with E-state index in [9.17, 15) is 9.59 Å². The zero-order chi connectivity index (χ0) is 14.9. The molecule has 0 heterocycles. The Bertz CT molecular complexity index is 319. The molecule has 5 heteroatoms. The summed E-state index contributed by atoms with van der Waals surface area (Å²) in [4.78, 5) is 22.6. The van der Waals surface area contributed by atoms with Gasteiger partial charge in [0.1, 0.15) is 6.04 Å². The van der Waals surface area contributed by atoms with Gasteiger partial charge in [0.2, 0.25) is 0 Å². The molecule has 0 bridgehead atoms. The molecule has 0 aliphatic heterocycles. The van der Waals surface area contributed by atoms with Gasteiger partial charge in [-0.05, 0) is 33.6 Å². The number of amides is 2. The van der Waals surface area contributed by atoms with E-state index >= 15 is 0 Å². The maximum Gasteiger partial charge on any atom is 0.330 e. The number of hydrogen-bond acceptors (Lipinski definition) is 2. The molecule has 0 saturated carbocycles. The summed E-state index contributed by atoms with van der Waals surface area (Å²) in [6.07, 6.45) is 7.46. The van der Waals surface area contributed by atoms with Gasteiger partial charge in [-0.2, -0.15) is 0 Å². The average Bonchev–Trinajstić information content (AvgIpc) is 2.24. The predicted octanol–water partition coefficient (Wildman–Crippen LogP) is 2.67. The topological polar surface area (TPSA) is 78.4 Å². The van der Waals surface area contributed by atoms with Gasteiger partial charge in [-0.1, -0.05) is 31.9 Å². The minimum absolute atomic E-state index is 0.391. The highest BCUT2D eigenvalue weighted by Crippen LogP contribution is 2.01. The maximum absolute atomic E-state index is 11.6. The van der Waals surface area contributed by atoms with Crippen LogP contribution < -0.4 is 10.6 Å². The van der Waals surface area contributed by atoms with Crippen molar-refractivity contribution >= 4 is 12.0 Å². The fraction of sp³-hybridized carbons (Fsp3) is 0.714. The molecule has 0 spiro atoms. The van der Waals surface area contributed by atoms with Crippen molar-refractivity contribution in [1.82, 2.24) is 10.6 Å². The number of unbranched alkanes of at least 4 members (excludes halogenated alkanes) is 3. The van der Waals surface area contributed by atoms with Crippen LogP contribution in [0.15, 0.2) is 12.2 Å². The van der Waals surface area contributed by atoms with E-state index in [-0.39, 0.29) is 0 Å². The highest BCUT2D eigenvalue weighted by molar-refractivity contribution is 5.84. The van der Waals surface area contributed by atoms with Crippen molar-refractivity contribution in [3.05, 3.63) is 12.2 Å². The molecular weight excluding hydrogens is 244 g/mol. The van der Waals surface area contributed by atoms with E-state index in [1.165, 1.54) is 6.08 Å². The SMILES string of the molecule is CCCCC/C=C\[C@H](NC(=O)NC(C)(C)C)C(=O)O. The number of hydrogen-bond donors (Lipinski definition) is 3. The van der Waals surface area contributed by atoms with Crippen molar-refractivity contribution in [2.45, 2.75) is 65.0 Å². The molecule has 0 aliphatic carbocycles. The quantitative estimate of drug-likeness (QED) is 0.491. The largest absolute Gasteiger partial charge is 0.479 e. The second-order valence-electron chi connectivity index (χ2n) is 5.59. The van der Waals surface area contributed by atoms with Gasteiger partial charge in [-0.25, -0.2) is 9.59 Å². The number of allylic oxidation sites excluding steroid dienone is 1. The van der Waals surface area contributed by atoms with Crippen molar-refractivity contribution in [3.63, 3.8) is 0 Å². The first-order valence-corrected chi connectivity index (χ1v) is 6.74. The van der Waals surface area contributed by atoms with Gasteiger partial charge in [-0.15, -0.1) is 0 Å². The van der Waals surface area contributed by atoms with E-state index in [4.69, 9.17) is 5.11 Å². The predicted molar refractivity (Wildman–Crippen MR) is 76.1 cm³/mol. The Labute approximate surface area is 115 Å². The third-order valence-electron chi connectivity index (χ3n) is 2.34. The van der Waals surface area contributed by atoms with Gasteiger partial charge in [0.25, 0.3) is 0 Å². The molecule has 0 rings (SSSR count). The fourth-order valence-corrected chi connectivity index (χ4v) is 1.45. The third kappa shape index (κ3) is 10.1. The zero-order valence-electron chi connectivity index (χ0n) is 12.3. The second kappa shape index (κ2) is 8.56. The van der Waals surface area contributed by atoms with Crippen LogP contribution in [0.2, 0.25) is 0 Å². The summed E-state index contributed by atoms with van der Waals surface area (Å²) in [5, 5.41) is 14.1. The Morgan fingerprint density at radius 1 is 1.26 bits per heavy atom. The second-order valence-corrected chi connectivity index (χ2v) is 5.59. The van der Waals surface area contributed by atoms with E-state index in [0.29, 0.717) is 0 Å². The Morgan fingerprint density at radius 2 is 1.89 bits per heavy atom. The van der Waals surface area contributed by atoms with E-state index in [2.05, 4.69) is 17.6 Å². The monoisotopic (exact) mass is 270 g/mol. The standard InChI is InChI=1S/C14H26N2O3/c1-5-6-7-8-9-10-11(12(17)18)15-13(19)16-14(2,3)4/h9-11H,5-8H2,1-4H3,(H,17,18)(H2,15,16,19)/b10-9-/t11-/m0/s1. The molecule has 2 amide bonds. The first-order valence-electron chi connectivity index (χ1n) is 6.74. The molecule has 0 saturated heterocycles. The van der Waals surface area contributed by atoms with Crippen LogP contribution in [0.5, 0.6) is 0 Å². The fourth-order valence-electron chi connectivity index (χ4n) is 1.45. The summed E-state index contributed by atoms with van der Waals surface area (Å²) >= 11 is 0. The van der Waals surface area contributed by atoms with Crippen LogP contribution in [-0.2, 0) is 4.79 Å². The molecule has 0 aromatic heterocycles. The molecule has 1 atom stereocenters. The first kappa shape index (κ1) is 17.5. The average molecular weight is 270 g/mol. The zero-order valence-corrected chi connectivity index (χ0v) is 12.3. The Morgan fingerprint density at radius 3 is 2.37 bits per heavy atom. The van der Waals surface area contributed by atoms with Crippen molar-refractivity contribution in [2.24, 2.45) is 0 Å². The highest BCUT2D eigenvalue weighted by Gasteiger charge is 2.19. The minimum atomic E-state index is -1.06. The molecule has 5 nitrogen and oxygen atoms in total. The summed E-state index contributed by atoms with van der Waals surface area (Å²) in [6, 6.07) is -1.46. The Hall–Kier alpha value is -1.52. The number of rotatable bonds is 7. The molecule has 19 heavy (non-hydrogen) atoms. The molecule has 3 N–H and O–H groups in total. The summed E-state index contributed by atoms with van der Waals surface area (Å²) in [5.41, 5.74) is -0.391. The van der Waals surface area contributed by atoms with Crippen molar-refractivity contribution in [2.75, 3.05) is 0 Å². The van der Waals surface area contributed by atoms with Crippen molar-refractivity contribution < 1.29 is 14.7 Å². The van der Waals surface area contributed by atoms with Crippen LogP contribution in [-0.4, -0.2) is 28.7 Å². The Balaban J connectivity index is 4.26. The van der Waals surface area contributed by atoms with Gasteiger partial charge in [-0.3, -0.25) is 0 Å². The molecular formula is C14H26N2O3. The third-order valence-corrected chi connectivity index (χ3v) is 2.34. The van der Waals surface area contributed by atoms with Crippen LogP contribution in [0, 0.1) is 0 Å². The van der Waals surface area contributed by atoms with E-state index in [1.807, 2.05) is 26.8 Å². The first-order chi connectivity index (χ1) is 8.76. The van der Waals surface area contributed by atoms with E-state index < -0.39 is 23.6 Å². The smallest absolute Gasteiger partial charge is 0.330 e. The lowest BCUT2D eigenvalue weighted by Gasteiger charge is -2.22. The number of aliphatic carboxylic acids is 1. The van der Waals surface area contributed by atoms with E-state index in [0.717, 1.165) is 25.7 Å². The summed E-state index contributed by atoms with van der Waals surface area (Å²) in [7, 11) is 0. The molecule has 0 aromatic rings. The van der Waals surface area contributed by atoms with Crippen LogP contribution in [0.3, 0.4) is 0 Å². The number of carbonyl (C=O) groups excluding carboxylic acids is 1. The molecule has 0 unspecified atom stereocenters. The minimum Gasteiger partial charge on any atom is -0.479 e. The normalized spacial score (nSPS) is 13.3. The van der Waals surface area contributed by atoms with Crippen molar-refractivity contribution in [1.29, 1.82) is 0 Å². The number of carbonyl (C=O) groups is 2. The van der Waals surface area contributed by atoms with Gasteiger partial charge in [0, 0.05) is 5.54 Å². The number of urea groups is 1. The van der Waals surface area contributed by atoms with Gasteiger partial charge in [0.15, 0.2) is 0 Å². The molecule has 0 fully saturated rings. The summed E-state index contributed by atoms with van der Waals surface area (Å²) in [5.74, 6) is -1.06.